The first kappa shape index (κ1) is 12.6. The van der Waals surface area contributed by atoms with E-state index in [2.05, 4.69) is 16.6 Å². The lowest BCUT2D eigenvalue weighted by atomic mass is 10.2. The average molecular weight is 229 g/mol. The van der Waals surface area contributed by atoms with Gasteiger partial charge in [-0.05, 0) is 6.92 Å². The summed E-state index contributed by atoms with van der Waals surface area (Å²) in [7, 11) is 1.42. The molecule has 1 fully saturated rings. The van der Waals surface area contributed by atoms with Crippen molar-refractivity contribution in [1.82, 2.24) is 4.90 Å². The minimum absolute atomic E-state index is 0.227. The molecule has 1 rings (SSSR count). The quantitative estimate of drug-likeness (QED) is 0.542. The number of nitrogens with zero attached hydrogens (tertiary/aromatic N) is 1. The summed E-state index contributed by atoms with van der Waals surface area (Å²) < 4.78 is 4.64. The minimum atomic E-state index is -0.227. The Bertz CT molecular complexity index is 253. The largest absolute Gasteiger partial charge is 0.466 e. The maximum absolute atomic E-state index is 11.1. The van der Waals surface area contributed by atoms with Gasteiger partial charge in [0.05, 0.1) is 7.11 Å². The van der Waals surface area contributed by atoms with E-state index in [9.17, 15) is 4.79 Å². The van der Waals surface area contributed by atoms with Crippen LogP contribution in [0.1, 0.15) is 13.8 Å². The number of esters is 1. The molecule has 4 heteroatoms. The molecule has 0 amide bonds. The highest BCUT2D eigenvalue weighted by Gasteiger charge is 2.15. The molecule has 1 unspecified atom stereocenters. The van der Waals surface area contributed by atoms with E-state index < -0.39 is 0 Å². The molecule has 0 aliphatic carbocycles. The highest BCUT2D eigenvalue weighted by atomic mass is 32.2. The summed E-state index contributed by atoms with van der Waals surface area (Å²) >= 11 is 2.01. The van der Waals surface area contributed by atoms with Crippen molar-refractivity contribution < 1.29 is 9.53 Å². The Balaban J connectivity index is 2.38. The normalized spacial score (nSPS) is 23.9. The number of thioether (sulfide) groups is 1. The molecule has 0 N–H and O–H groups in total. The average Bonchev–Trinajstić information content (AvgIpc) is 2.25. The van der Waals surface area contributed by atoms with Gasteiger partial charge in [0.15, 0.2) is 0 Å². The van der Waals surface area contributed by atoms with Crippen LogP contribution in [0.3, 0.4) is 0 Å². The number of rotatable bonds is 3. The monoisotopic (exact) mass is 229 g/mol. The SMILES string of the molecule is COC(=O)C(C)=CCN1CCSC(C)C1. The first-order valence-electron chi connectivity index (χ1n) is 5.22. The molecule has 1 aliphatic heterocycles. The molecule has 0 aromatic heterocycles. The summed E-state index contributed by atoms with van der Waals surface area (Å²) in [4.78, 5) is 13.5. The molecule has 0 aromatic rings. The first-order valence-corrected chi connectivity index (χ1v) is 6.27. The van der Waals surface area contributed by atoms with Gasteiger partial charge in [-0.1, -0.05) is 13.0 Å². The number of carbonyl (C=O) groups is 1. The topological polar surface area (TPSA) is 29.5 Å². The maximum atomic E-state index is 11.1. The van der Waals surface area contributed by atoms with Crippen molar-refractivity contribution in [2.45, 2.75) is 19.1 Å². The first-order chi connectivity index (χ1) is 7.13. The molecule has 15 heavy (non-hydrogen) atoms. The van der Waals surface area contributed by atoms with E-state index in [1.807, 2.05) is 17.8 Å². The number of ether oxygens (including phenoxy) is 1. The molecule has 0 radical (unpaired) electrons. The van der Waals surface area contributed by atoms with Crippen LogP contribution in [0.2, 0.25) is 0 Å². The van der Waals surface area contributed by atoms with Crippen LogP contribution in [0, 0.1) is 0 Å². The molecule has 3 nitrogen and oxygen atoms in total. The van der Waals surface area contributed by atoms with E-state index >= 15 is 0 Å². The molecule has 86 valence electrons. The fourth-order valence-corrected chi connectivity index (χ4v) is 2.65. The van der Waals surface area contributed by atoms with Gasteiger partial charge in [0.25, 0.3) is 0 Å². The van der Waals surface area contributed by atoms with Crippen molar-refractivity contribution in [3.8, 4) is 0 Å². The number of methoxy groups -OCH3 is 1. The lowest BCUT2D eigenvalue weighted by molar-refractivity contribution is -0.136. The summed E-state index contributed by atoms with van der Waals surface area (Å²) in [5, 5.41) is 0.700. The molecule has 0 saturated carbocycles. The summed E-state index contributed by atoms with van der Waals surface area (Å²) in [6.07, 6.45) is 1.95. The molecule has 0 bridgehead atoms. The van der Waals surface area contributed by atoms with Crippen LogP contribution in [-0.4, -0.2) is 48.6 Å². The van der Waals surface area contributed by atoms with Gasteiger partial charge in [-0.2, -0.15) is 11.8 Å². The Kier molecular flexibility index (Phi) is 5.19. The standard InChI is InChI=1S/C11H19NO2S/c1-9(11(13)14-3)4-5-12-6-7-15-10(2)8-12/h4,10H,5-8H2,1-3H3. The van der Waals surface area contributed by atoms with Crippen LogP contribution in [0.4, 0.5) is 0 Å². The summed E-state index contributed by atoms with van der Waals surface area (Å²) in [6.45, 7) is 7.11. The van der Waals surface area contributed by atoms with Gasteiger partial charge in [0, 0.05) is 36.2 Å². The van der Waals surface area contributed by atoms with Gasteiger partial charge in [0.1, 0.15) is 0 Å². The van der Waals surface area contributed by atoms with Crippen LogP contribution in [0.5, 0.6) is 0 Å². The molecule has 1 atom stereocenters. The van der Waals surface area contributed by atoms with Crippen LogP contribution in [0.25, 0.3) is 0 Å². The summed E-state index contributed by atoms with van der Waals surface area (Å²) in [5.41, 5.74) is 0.698. The fourth-order valence-electron chi connectivity index (χ4n) is 1.57. The third-order valence-electron chi connectivity index (χ3n) is 2.49. The lowest BCUT2D eigenvalue weighted by Crippen LogP contribution is -2.36. The van der Waals surface area contributed by atoms with E-state index in [4.69, 9.17) is 0 Å². The Labute approximate surface area is 95.9 Å². The van der Waals surface area contributed by atoms with Crippen molar-refractivity contribution in [3.05, 3.63) is 11.6 Å². The van der Waals surface area contributed by atoms with E-state index in [-0.39, 0.29) is 5.97 Å². The molecule has 0 aromatic carbocycles. The van der Waals surface area contributed by atoms with Crippen molar-refractivity contribution in [2.24, 2.45) is 0 Å². The highest BCUT2D eigenvalue weighted by Crippen LogP contribution is 2.17. The van der Waals surface area contributed by atoms with Crippen LogP contribution >= 0.6 is 11.8 Å². The summed E-state index contributed by atoms with van der Waals surface area (Å²) in [5.74, 6) is 0.959. The zero-order chi connectivity index (χ0) is 11.3. The molecular formula is C11H19NO2S. The van der Waals surface area contributed by atoms with E-state index in [0.29, 0.717) is 10.8 Å². The zero-order valence-corrected chi connectivity index (χ0v) is 10.5. The number of carbonyl (C=O) groups excluding carboxylic acids is 1. The predicted molar refractivity (Wildman–Crippen MR) is 64.1 cm³/mol. The van der Waals surface area contributed by atoms with Gasteiger partial charge >= 0.3 is 5.97 Å². The third-order valence-corrected chi connectivity index (χ3v) is 3.62. The maximum Gasteiger partial charge on any atom is 0.333 e. The fraction of sp³-hybridized carbons (Fsp3) is 0.727. The van der Waals surface area contributed by atoms with Crippen molar-refractivity contribution in [1.29, 1.82) is 0 Å². The Morgan fingerprint density at radius 2 is 2.40 bits per heavy atom. The Morgan fingerprint density at radius 3 is 3.00 bits per heavy atom. The lowest BCUT2D eigenvalue weighted by Gasteiger charge is -2.29. The summed E-state index contributed by atoms with van der Waals surface area (Å²) in [6, 6.07) is 0. The Hall–Kier alpha value is -0.480. The number of hydrogen-bond acceptors (Lipinski definition) is 4. The number of hydrogen-bond donors (Lipinski definition) is 0. The van der Waals surface area contributed by atoms with Crippen LogP contribution in [0.15, 0.2) is 11.6 Å². The molecule has 0 spiro atoms. The second-order valence-electron chi connectivity index (χ2n) is 3.82. The Morgan fingerprint density at radius 1 is 1.67 bits per heavy atom. The second kappa shape index (κ2) is 6.18. The van der Waals surface area contributed by atoms with E-state index in [0.717, 1.165) is 19.6 Å². The highest BCUT2D eigenvalue weighted by molar-refractivity contribution is 7.99. The molecule has 1 aliphatic rings. The van der Waals surface area contributed by atoms with Gasteiger partial charge in [-0.3, -0.25) is 4.90 Å². The predicted octanol–water partition coefficient (Wildman–Crippen LogP) is 1.54. The van der Waals surface area contributed by atoms with E-state index in [1.54, 1.807) is 6.92 Å². The zero-order valence-electron chi connectivity index (χ0n) is 9.66. The molecular weight excluding hydrogens is 210 g/mol. The van der Waals surface area contributed by atoms with Crippen LogP contribution in [-0.2, 0) is 9.53 Å². The van der Waals surface area contributed by atoms with Gasteiger partial charge in [-0.15, -0.1) is 0 Å². The van der Waals surface area contributed by atoms with Crippen molar-refractivity contribution in [2.75, 3.05) is 32.5 Å². The second-order valence-corrected chi connectivity index (χ2v) is 5.37. The smallest absolute Gasteiger partial charge is 0.333 e. The third kappa shape index (κ3) is 4.26. The van der Waals surface area contributed by atoms with E-state index in [1.165, 1.54) is 12.9 Å². The van der Waals surface area contributed by atoms with Crippen molar-refractivity contribution >= 4 is 17.7 Å². The minimum Gasteiger partial charge on any atom is -0.466 e. The van der Waals surface area contributed by atoms with Crippen molar-refractivity contribution in [3.63, 3.8) is 0 Å². The van der Waals surface area contributed by atoms with Gasteiger partial charge in [-0.25, -0.2) is 4.79 Å². The van der Waals surface area contributed by atoms with Gasteiger partial charge < -0.3 is 4.74 Å². The van der Waals surface area contributed by atoms with Gasteiger partial charge in [0.2, 0.25) is 0 Å². The van der Waals surface area contributed by atoms with Crippen LogP contribution < -0.4 is 0 Å². The molecule has 1 saturated heterocycles. The molecule has 1 heterocycles.